The molecule has 4 aromatic rings. The van der Waals surface area contributed by atoms with Gasteiger partial charge in [-0.15, -0.1) is 22.7 Å². The Morgan fingerprint density at radius 3 is 2.75 bits per heavy atom. The van der Waals surface area contributed by atoms with E-state index in [2.05, 4.69) is 33.1 Å². The summed E-state index contributed by atoms with van der Waals surface area (Å²) in [6.45, 7) is 6.29. The van der Waals surface area contributed by atoms with Crippen LogP contribution < -0.4 is 5.56 Å². The Morgan fingerprint density at radius 2 is 2.00 bits per heavy atom. The predicted molar refractivity (Wildman–Crippen MR) is 128 cm³/mol. The van der Waals surface area contributed by atoms with E-state index in [4.69, 9.17) is 9.72 Å². The number of carbonyl (C=O) groups is 1. The number of aromatic amines is 1. The number of aromatic nitrogens is 3. The minimum atomic E-state index is -0.397. The molecule has 5 rings (SSSR count). The summed E-state index contributed by atoms with van der Waals surface area (Å²) in [5.74, 6) is 0.716. The molecular formula is C23H24N4O3S2. The number of hydrogen-bond acceptors (Lipinski definition) is 8. The number of ether oxygens (including phenoxy) is 1. The average molecular weight is 469 g/mol. The van der Waals surface area contributed by atoms with Crippen LogP contribution in [0.2, 0.25) is 0 Å². The molecule has 0 radical (unpaired) electrons. The Morgan fingerprint density at radius 1 is 1.22 bits per heavy atom. The highest BCUT2D eigenvalue weighted by molar-refractivity contribution is 7.20. The lowest BCUT2D eigenvalue weighted by molar-refractivity contribution is 0.0531. The molecule has 1 aromatic carbocycles. The second kappa shape index (κ2) is 8.73. The fourth-order valence-corrected chi connectivity index (χ4v) is 6.50. The van der Waals surface area contributed by atoms with Crippen LogP contribution in [0.25, 0.3) is 20.4 Å². The standard InChI is InChI=1S/C23H24N4O3S2/c1-3-30-23(29)19-13(2)18-20(28)25-17(26-22(18)32-19)12-27-10-8-14(9-11-27)21-24-15-6-4-5-7-16(15)31-21/h4-7,14H,3,8-12H2,1-2H3,(H,25,26,28). The third kappa shape index (κ3) is 3.96. The topological polar surface area (TPSA) is 88.2 Å². The first-order chi connectivity index (χ1) is 15.5. The molecule has 0 spiro atoms. The van der Waals surface area contributed by atoms with Crippen molar-refractivity contribution in [2.75, 3.05) is 19.7 Å². The van der Waals surface area contributed by atoms with Gasteiger partial charge in [-0.3, -0.25) is 9.69 Å². The summed E-state index contributed by atoms with van der Waals surface area (Å²) >= 11 is 3.03. The number of nitrogens with zero attached hydrogens (tertiary/aromatic N) is 3. The number of likely N-dealkylation sites (tertiary alicyclic amines) is 1. The Bertz CT molecular complexity index is 1320. The van der Waals surface area contributed by atoms with Gasteiger partial charge in [0.05, 0.1) is 33.8 Å². The molecule has 1 saturated heterocycles. The number of nitrogens with one attached hydrogen (secondary N) is 1. The molecule has 166 valence electrons. The maximum absolute atomic E-state index is 12.7. The zero-order chi connectivity index (χ0) is 22.2. The summed E-state index contributed by atoms with van der Waals surface area (Å²) in [6, 6.07) is 8.29. The highest BCUT2D eigenvalue weighted by atomic mass is 32.1. The van der Waals surface area contributed by atoms with E-state index >= 15 is 0 Å². The van der Waals surface area contributed by atoms with Gasteiger partial charge in [0.2, 0.25) is 0 Å². The number of piperidine rings is 1. The monoisotopic (exact) mass is 468 g/mol. The van der Waals surface area contributed by atoms with Crippen molar-refractivity contribution in [1.82, 2.24) is 19.9 Å². The molecule has 0 saturated carbocycles. The van der Waals surface area contributed by atoms with Crippen LogP contribution in [0.5, 0.6) is 0 Å². The van der Waals surface area contributed by atoms with Crippen molar-refractivity contribution in [2.24, 2.45) is 0 Å². The van der Waals surface area contributed by atoms with Crippen LogP contribution in [0.15, 0.2) is 29.1 Å². The number of carbonyl (C=O) groups excluding carboxylic acids is 1. The lowest BCUT2D eigenvalue weighted by atomic mass is 9.97. The van der Waals surface area contributed by atoms with Gasteiger partial charge in [0, 0.05) is 5.92 Å². The minimum absolute atomic E-state index is 0.196. The summed E-state index contributed by atoms with van der Waals surface area (Å²) in [5.41, 5.74) is 1.53. The van der Waals surface area contributed by atoms with Gasteiger partial charge in [-0.2, -0.15) is 0 Å². The Hall–Kier alpha value is -2.62. The van der Waals surface area contributed by atoms with Gasteiger partial charge in [-0.1, -0.05) is 12.1 Å². The van der Waals surface area contributed by atoms with E-state index in [-0.39, 0.29) is 5.56 Å². The Balaban J connectivity index is 1.30. The normalized spacial score (nSPS) is 15.6. The number of esters is 1. The quantitative estimate of drug-likeness (QED) is 0.435. The Labute approximate surface area is 193 Å². The SMILES string of the molecule is CCOC(=O)c1sc2nc(CN3CCC(c4nc5ccccc5s4)CC3)[nH]c(=O)c2c1C. The summed E-state index contributed by atoms with van der Waals surface area (Å²) < 4.78 is 6.36. The zero-order valence-electron chi connectivity index (χ0n) is 18.0. The van der Waals surface area contributed by atoms with Crippen LogP contribution in [0.1, 0.15) is 51.8 Å². The van der Waals surface area contributed by atoms with E-state index in [1.165, 1.54) is 21.0 Å². The molecule has 1 aliphatic heterocycles. The fourth-order valence-electron chi connectivity index (χ4n) is 4.27. The van der Waals surface area contributed by atoms with Crippen LogP contribution in [0.4, 0.5) is 0 Å². The van der Waals surface area contributed by atoms with Crippen molar-refractivity contribution in [3.8, 4) is 0 Å². The smallest absolute Gasteiger partial charge is 0.348 e. The number of benzene rings is 1. The number of thiazole rings is 1. The molecule has 0 atom stereocenters. The van der Waals surface area contributed by atoms with Gasteiger partial charge in [0.1, 0.15) is 15.5 Å². The van der Waals surface area contributed by atoms with Crippen LogP contribution in [0.3, 0.4) is 0 Å². The van der Waals surface area contributed by atoms with Crippen molar-refractivity contribution in [2.45, 2.75) is 39.2 Å². The highest BCUT2D eigenvalue weighted by Crippen LogP contribution is 2.34. The summed E-state index contributed by atoms with van der Waals surface area (Å²) in [4.78, 5) is 40.7. The molecule has 0 bridgehead atoms. The van der Waals surface area contributed by atoms with Crippen molar-refractivity contribution in [3.63, 3.8) is 0 Å². The molecule has 0 amide bonds. The van der Waals surface area contributed by atoms with Crippen LogP contribution in [-0.2, 0) is 11.3 Å². The van der Waals surface area contributed by atoms with E-state index in [0.29, 0.717) is 45.6 Å². The number of aryl methyl sites for hydroxylation is 1. The van der Waals surface area contributed by atoms with Crippen molar-refractivity contribution >= 4 is 49.1 Å². The zero-order valence-corrected chi connectivity index (χ0v) is 19.6. The number of hydrogen-bond donors (Lipinski definition) is 1. The van der Waals surface area contributed by atoms with Crippen molar-refractivity contribution in [3.05, 3.63) is 55.9 Å². The van der Waals surface area contributed by atoms with Gasteiger partial charge in [0.15, 0.2) is 0 Å². The van der Waals surface area contributed by atoms with E-state index in [1.54, 1.807) is 25.2 Å². The average Bonchev–Trinajstić information content (AvgIpc) is 3.36. The first kappa shape index (κ1) is 21.2. The van der Waals surface area contributed by atoms with E-state index in [0.717, 1.165) is 31.4 Å². The number of H-pyrrole nitrogens is 1. The molecule has 1 fully saturated rings. The van der Waals surface area contributed by atoms with Crippen LogP contribution in [-0.4, -0.2) is 45.5 Å². The number of para-hydroxylation sites is 1. The molecule has 0 aliphatic carbocycles. The molecule has 9 heteroatoms. The molecule has 32 heavy (non-hydrogen) atoms. The van der Waals surface area contributed by atoms with E-state index in [9.17, 15) is 9.59 Å². The maximum Gasteiger partial charge on any atom is 0.348 e. The first-order valence-electron chi connectivity index (χ1n) is 10.8. The highest BCUT2D eigenvalue weighted by Gasteiger charge is 2.25. The molecule has 1 N–H and O–H groups in total. The molecule has 0 unspecified atom stereocenters. The van der Waals surface area contributed by atoms with E-state index in [1.807, 2.05) is 6.07 Å². The third-order valence-corrected chi connectivity index (χ3v) is 8.30. The molecule has 3 aromatic heterocycles. The van der Waals surface area contributed by atoms with Gasteiger partial charge in [0.25, 0.3) is 5.56 Å². The largest absolute Gasteiger partial charge is 0.462 e. The van der Waals surface area contributed by atoms with Crippen molar-refractivity contribution in [1.29, 1.82) is 0 Å². The number of rotatable bonds is 5. The Kier molecular flexibility index (Phi) is 5.79. The van der Waals surface area contributed by atoms with Crippen molar-refractivity contribution < 1.29 is 9.53 Å². The lowest BCUT2D eigenvalue weighted by Gasteiger charge is -2.30. The summed E-state index contributed by atoms with van der Waals surface area (Å²) in [6.07, 6.45) is 2.08. The van der Waals surface area contributed by atoms with Gasteiger partial charge in [-0.25, -0.2) is 14.8 Å². The first-order valence-corrected chi connectivity index (χ1v) is 12.4. The number of thiophene rings is 1. The lowest BCUT2D eigenvalue weighted by Crippen LogP contribution is -2.33. The minimum Gasteiger partial charge on any atom is -0.462 e. The predicted octanol–water partition coefficient (Wildman–Crippen LogP) is 4.46. The second-order valence-corrected chi connectivity index (χ2v) is 10.1. The third-order valence-electron chi connectivity index (χ3n) is 5.93. The summed E-state index contributed by atoms with van der Waals surface area (Å²) in [7, 11) is 0. The molecule has 1 aliphatic rings. The van der Waals surface area contributed by atoms with Gasteiger partial charge < -0.3 is 9.72 Å². The van der Waals surface area contributed by atoms with Gasteiger partial charge >= 0.3 is 5.97 Å². The fraction of sp³-hybridized carbons (Fsp3) is 0.391. The maximum atomic E-state index is 12.7. The van der Waals surface area contributed by atoms with Crippen LogP contribution in [0, 0.1) is 6.92 Å². The second-order valence-electron chi connectivity index (χ2n) is 8.04. The summed E-state index contributed by atoms with van der Waals surface area (Å²) in [5, 5.41) is 1.70. The molecule has 7 nitrogen and oxygen atoms in total. The molecule has 4 heterocycles. The number of fused-ring (bicyclic) bond motifs is 2. The van der Waals surface area contributed by atoms with Gasteiger partial charge in [-0.05, 0) is 57.5 Å². The molecular weight excluding hydrogens is 444 g/mol. The van der Waals surface area contributed by atoms with Crippen LogP contribution >= 0.6 is 22.7 Å². The van der Waals surface area contributed by atoms with E-state index < -0.39 is 5.97 Å².